The van der Waals surface area contributed by atoms with E-state index in [-0.39, 0.29) is 22.3 Å². The third-order valence-electron chi connectivity index (χ3n) is 5.16. The Kier molecular flexibility index (Phi) is 5.98. The fourth-order valence-corrected chi connectivity index (χ4v) is 3.65. The molecule has 0 bridgehead atoms. The van der Waals surface area contributed by atoms with E-state index in [0.717, 1.165) is 33.8 Å². The van der Waals surface area contributed by atoms with Crippen molar-refractivity contribution in [1.29, 1.82) is 0 Å². The molecule has 6 nitrogen and oxygen atoms in total. The van der Waals surface area contributed by atoms with Crippen LogP contribution in [0, 0.1) is 19.7 Å². The fourth-order valence-electron chi connectivity index (χ4n) is 3.43. The van der Waals surface area contributed by atoms with Gasteiger partial charge in [0.2, 0.25) is 0 Å². The average Bonchev–Trinajstić information content (AvgIpc) is 3.00. The molecule has 4 rings (SSSR count). The SMILES string of the molecule is Cc1ccc(NC(=O)c2ccc(NC3=C(Cl)C(=O)N(c4ccc(F)cc4)C3=O)cc2)c(C)c1. The lowest BCUT2D eigenvalue weighted by molar-refractivity contribution is -0.120. The van der Waals surface area contributed by atoms with Crippen LogP contribution in [-0.4, -0.2) is 17.7 Å². The molecule has 0 atom stereocenters. The minimum absolute atomic E-state index is 0.0986. The monoisotopic (exact) mass is 463 g/mol. The summed E-state index contributed by atoms with van der Waals surface area (Å²) in [5, 5.41) is 5.44. The van der Waals surface area contributed by atoms with Gasteiger partial charge in [-0.15, -0.1) is 0 Å². The molecule has 0 aromatic heterocycles. The summed E-state index contributed by atoms with van der Waals surface area (Å²) in [7, 11) is 0. The lowest BCUT2D eigenvalue weighted by Gasteiger charge is -2.15. The largest absolute Gasteiger partial charge is 0.350 e. The second kappa shape index (κ2) is 8.88. The molecule has 3 amide bonds. The van der Waals surface area contributed by atoms with E-state index in [1.807, 2.05) is 32.0 Å². The second-order valence-corrected chi connectivity index (χ2v) is 7.96. The van der Waals surface area contributed by atoms with E-state index in [2.05, 4.69) is 10.6 Å². The Bertz CT molecular complexity index is 1300. The first-order chi connectivity index (χ1) is 15.7. The molecule has 1 aliphatic rings. The Labute approximate surface area is 194 Å². The first-order valence-electron chi connectivity index (χ1n) is 10.0. The average molecular weight is 464 g/mol. The van der Waals surface area contributed by atoms with Crippen LogP contribution in [0.3, 0.4) is 0 Å². The lowest BCUT2D eigenvalue weighted by Crippen LogP contribution is -2.32. The Morgan fingerprint density at radius 1 is 0.909 bits per heavy atom. The standard InChI is InChI=1S/C25H19ClFN3O3/c1-14-3-12-20(15(2)13-14)29-23(31)16-4-8-18(9-5-16)28-22-21(26)24(32)30(25(22)33)19-10-6-17(27)7-11-19/h3-13,28H,1-2H3,(H,29,31). The van der Waals surface area contributed by atoms with Gasteiger partial charge in [0.1, 0.15) is 16.5 Å². The number of amides is 3. The van der Waals surface area contributed by atoms with E-state index >= 15 is 0 Å². The second-order valence-electron chi connectivity index (χ2n) is 7.59. The number of benzene rings is 3. The Balaban J connectivity index is 1.48. The summed E-state index contributed by atoms with van der Waals surface area (Å²) in [5.41, 5.74) is 3.78. The number of hydrogen-bond acceptors (Lipinski definition) is 4. The topological polar surface area (TPSA) is 78.5 Å². The number of halogens is 2. The molecule has 0 spiro atoms. The van der Waals surface area contributed by atoms with E-state index in [0.29, 0.717) is 11.3 Å². The van der Waals surface area contributed by atoms with Gasteiger partial charge in [-0.1, -0.05) is 29.3 Å². The third kappa shape index (κ3) is 4.49. The summed E-state index contributed by atoms with van der Waals surface area (Å²) in [6.45, 7) is 3.90. The minimum atomic E-state index is -0.708. The molecule has 2 N–H and O–H groups in total. The molecule has 1 heterocycles. The highest BCUT2D eigenvalue weighted by molar-refractivity contribution is 6.53. The number of hydrogen-bond donors (Lipinski definition) is 2. The zero-order valence-electron chi connectivity index (χ0n) is 17.8. The van der Waals surface area contributed by atoms with Gasteiger partial charge in [-0.2, -0.15) is 0 Å². The molecular formula is C25H19ClFN3O3. The van der Waals surface area contributed by atoms with E-state index < -0.39 is 17.6 Å². The smallest absolute Gasteiger partial charge is 0.283 e. The van der Waals surface area contributed by atoms with Crippen LogP contribution >= 0.6 is 11.6 Å². The zero-order valence-corrected chi connectivity index (χ0v) is 18.5. The van der Waals surface area contributed by atoms with Crippen LogP contribution in [0.5, 0.6) is 0 Å². The summed E-state index contributed by atoms with van der Waals surface area (Å²) < 4.78 is 13.2. The number of anilines is 3. The number of rotatable bonds is 5. The predicted molar refractivity (Wildman–Crippen MR) is 126 cm³/mol. The summed E-state index contributed by atoms with van der Waals surface area (Å²) in [4.78, 5) is 38.7. The van der Waals surface area contributed by atoms with E-state index in [1.54, 1.807) is 24.3 Å². The van der Waals surface area contributed by atoms with Gasteiger partial charge in [-0.25, -0.2) is 9.29 Å². The molecule has 8 heteroatoms. The van der Waals surface area contributed by atoms with Gasteiger partial charge in [0.15, 0.2) is 0 Å². The van der Waals surface area contributed by atoms with Crippen molar-refractivity contribution in [2.45, 2.75) is 13.8 Å². The van der Waals surface area contributed by atoms with Crippen molar-refractivity contribution in [1.82, 2.24) is 0 Å². The van der Waals surface area contributed by atoms with E-state index in [1.165, 1.54) is 12.1 Å². The lowest BCUT2D eigenvalue weighted by atomic mass is 10.1. The van der Waals surface area contributed by atoms with Gasteiger partial charge >= 0.3 is 0 Å². The van der Waals surface area contributed by atoms with Crippen LogP contribution in [-0.2, 0) is 9.59 Å². The third-order valence-corrected chi connectivity index (χ3v) is 5.51. The van der Waals surface area contributed by atoms with Gasteiger partial charge in [0, 0.05) is 16.9 Å². The molecular weight excluding hydrogens is 445 g/mol. The van der Waals surface area contributed by atoms with Crippen molar-refractivity contribution in [3.63, 3.8) is 0 Å². The molecule has 33 heavy (non-hydrogen) atoms. The first-order valence-corrected chi connectivity index (χ1v) is 10.4. The Hall–Kier alpha value is -3.97. The summed E-state index contributed by atoms with van der Waals surface area (Å²) in [6, 6.07) is 17.1. The van der Waals surface area contributed by atoms with E-state index in [4.69, 9.17) is 11.6 Å². The van der Waals surface area contributed by atoms with Crippen molar-refractivity contribution in [2.75, 3.05) is 15.5 Å². The van der Waals surface area contributed by atoms with Crippen LogP contribution < -0.4 is 15.5 Å². The molecule has 0 saturated carbocycles. The van der Waals surface area contributed by atoms with Crippen molar-refractivity contribution in [2.24, 2.45) is 0 Å². The summed E-state index contributed by atoms with van der Waals surface area (Å²) in [5.74, 6) is -2.13. The van der Waals surface area contributed by atoms with Crippen molar-refractivity contribution < 1.29 is 18.8 Å². The molecule has 166 valence electrons. The Morgan fingerprint density at radius 2 is 1.58 bits per heavy atom. The number of carbonyl (C=O) groups is 3. The maximum absolute atomic E-state index is 13.2. The van der Waals surface area contributed by atoms with Gasteiger partial charge in [-0.05, 0) is 74.0 Å². The summed E-state index contributed by atoms with van der Waals surface area (Å²) in [6.07, 6.45) is 0. The maximum atomic E-state index is 13.2. The molecule has 0 aliphatic carbocycles. The van der Waals surface area contributed by atoms with Gasteiger partial charge in [0.25, 0.3) is 17.7 Å². The van der Waals surface area contributed by atoms with Crippen LogP contribution in [0.1, 0.15) is 21.5 Å². The number of imide groups is 1. The quantitative estimate of drug-likeness (QED) is 0.514. The molecule has 3 aromatic rings. The highest BCUT2D eigenvalue weighted by Gasteiger charge is 2.38. The highest BCUT2D eigenvalue weighted by Crippen LogP contribution is 2.30. The number of nitrogens with zero attached hydrogens (tertiary/aromatic N) is 1. The molecule has 3 aromatic carbocycles. The fraction of sp³-hybridized carbons (Fsp3) is 0.0800. The number of aryl methyl sites for hydroxylation is 2. The first kappa shape index (κ1) is 22.2. The van der Waals surface area contributed by atoms with E-state index in [9.17, 15) is 18.8 Å². The zero-order chi connectivity index (χ0) is 23.7. The van der Waals surface area contributed by atoms with Gasteiger partial charge in [0.05, 0.1) is 5.69 Å². The van der Waals surface area contributed by atoms with Crippen molar-refractivity contribution in [3.8, 4) is 0 Å². The maximum Gasteiger partial charge on any atom is 0.283 e. The van der Waals surface area contributed by atoms with Crippen LogP contribution in [0.2, 0.25) is 0 Å². The number of nitrogens with one attached hydrogen (secondary N) is 2. The molecule has 0 saturated heterocycles. The molecule has 1 aliphatic heterocycles. The Morgan fingerprint density at radius 3 is 2.21 bits per heavy atom. The highest BCUT2D eigenvalue weighted by atomic mass is 35.5. The summed E-state index contributed by atoms with van der Waals surface area (Å²) >= 11 is 6.11. The van der Waals surface area contributed by atoms with Crippen LogP contribution in [0.4, 0.5) is 21.5 Å². The molecule has 0 fully saturated rings. The normalized spacial score (nSPS) is 13.5. The van der Waals surface area contributed by atoms with Gasteiger partial charge < -0.3 is 10.6 Å². The molecule has 0 radical (unpaired) electrons. The van der Waals surface area contributed by atoms with Crippen LogP contribution in [0.25, 0.3) is 0 Å². The van der Waals surface area contributed by atoms with Crippen molar-refractivity contribution in [3.05, 3.63) is 100.0 Å². The van der Waals surface area contributed by atoms with Crippen molar-refractivity contribution >= 4 is 46.4 Å². The van der Waals surface area contributed by atoms with Gasteiger partial charge in [-0.3, -0.25) is 14.4 Å². The minimum Gasteiger partial charge on any atom is -0.350 e. The predicted octanol–water partition coefficient (Wildman–Crippen LogP) is 5.13. The number of carbonyl (C=O) groups excluding carboxylic acids is 3. The molecule has 0 unspecified atom stereocenters. The van der Waals surface area contributed by atoms with Crippen LogP contribution in [0.15, 0.2) is 77.5 Å².